The van der Waals surface area contributed by atoms with Crippen LogP contribution in [0.1, 0.15) is 20.8 Å². The van der Waals surface area contributed by atoms with E-state index in [9.17, 15) is 10.0 Å². The van der Waals surface area contributed by atoms with Gasteiger partial charge in [-0.3, -0.25) is 10.3 Å². The van der Waals surface area contributed by atoms with E-state index in [1.165, 1.54) is 0 Å². The molecular formula is C25H23N4O3+. The first kappa shape index (κ1) is 19.8. The molecule has 5 rings (SSSR count). The number of ether oxygens (including phenoxy) is 1. The molecule has 3 heterocycles. The van der Waals surface area contributed by atoms with Crippen LogP contribution in [0.25, 0.3) is 44.3 Å². The Morgan fingerprint density at radius 2 is 1.88 bits per heavy atom. The number of rotatable bonds is 2. The zero-order valence-electron chi connectivity index (χ0n) is 18.0. The molecular weight excluding hydrogens is 404 g/mol. The van der Waals surface area contributed by atoms with E-state index in [0.717, 1.165) is 37.7 Å². The third-order valence-electron chi connectivity index (χ3n) is 5.21. The first-order chi connectivity index (χ1) is 15.3. The maximum Gasteiger partial charge on any atom is 0.419 e. The van der Waals surface area contributed by atoms with E-state index in [4.69, 9.17) is 4.74 Å². The van der Waals surface area contributed by atoms with Crippen molar-refractivity contribution in [3.05, 3.63) is 73.1 Å². The van der Waals surface area contributed by atoms with E-state index in [1.807, 2.05) is 75.4 Å². The van der Waals surface area contributed by atoms with Gasteiger partial charge in [0.15, 0.2) is 0 Å². The molecule has 2 N–H and O–H groups in total. The van der Waals surface area contributed by atoms with Crippen molar-refractivity contribution >= 4 is 27.9 Å². The highest BCUT2D eigenvalue weighted by molar-refractivity contribution is 6.01. The Kier molecular flexibility index (Phi) is 4.48. The number of benzene rings is 2. The molecule has 0 radical (unpaired) electrons. The number of carbonyl (C=O) groups excluding carboxylic acids is 1. The fraction of sp³-hybridized carbons (Fsp3) is 0.160. The summed E-state index contributed by atoms with van der Waals surface area (Å²) in [4.78, 5) is 13.1. The van der Waals surface area contributed by atoms with Gasteiger partial charge in [0, 0.05) is 21.6 Å². The number of aromatic nitrogens is 4. The van der Waals surface area contributed by atoms with Gasteiger partial charge in [0.25, 0.3) is 0 Å². The summed E-state index contributed by atoms with van der Waals surface area (Å²) in [7, 11) is 0. The number of hydrogen-bond acceptors (Lipinski definition) is 4. The summed E-state index contributed by atoms with van der Waals surface area (Å²) < 4.78 is 8.29. The van der Waals surface area contributed by atoms with Crippen molar-refractivity contribution in [3.8, 4) is 22.5 Å². The number of para-hydroxylation sites is 1. The first-order valence-corrected chi connectivity index (χ1v) is 10.3. The van der Waals surface area contributed by atoms with E-state index in [-0.39, 0.29) is 0 Å². The zero-order valence-corrected chi connectivity index (χ0v) is 18.0. The molecule has 0 unspecified atom stereocenters. The Labute approximate surface area is 184 Å². The smallest absolute Gasteiger partial charge is 0.419 e. The largest absolute Gasteiger partial charge is 0.443 e. The minimum Gasteiger partial charge on any atom is -0.443 e. The van der Waals surface area contributed by atoms with Crippen LogP contribution in [0.15, 0.2) is 73.1 Å². The number of nitrogens with one attached hydrogen (secondary N) is 1. The van der Waals surface area contributed by atoms with E-state index in [1.54, 1.807) is 23.0 Å². The molecule has 0 aliphatic rings. The number of nitrogens with zero attached hydrogens (tertiary/aromatic N) is 3. The quantitative estimate of drug-likeness (QED) is 0.301. The first-order valence-electron chi connectivity index (χ1n) is 10.3. The lowest BCUT2D eigenvalue weighted by Crippen LogP contribution is -2.28. The van der Waals surface area contributed by atoms with Crippen LogP contribution >= 0.6 is 0 Å². The third-order valence-corrected chi connectivity index (χ3v) is 5.21. The fourth-order valence-electron chi connectivity index (χ4n) is 3.86. The lowest BCUT2D eigenvalue weighted by atomic mass is 10.0. The van der Waals surface area contributed by atoms with Crippen molar-refractivity contribution < 1.29 is 19.5 Å². The van der Waals surface area contributed by atoms with Gasteiger partial charge in [-0.15, -0.1) is 0 Å². The number of fused-ring (bicyclic) bond motifs is 2. The monoisotopic (exact) mass is 427 g/mol. The molecule has 0 bridgehead atoms. The minimum absolute atomic E-state index is 0.446. The molecule has 0 aliphatic carbocycles. The molecule has 0 saturated carbocycles. The summed E-state index contributed by atoms with van der Waals surface area (Å²) in [6.45, 7) is 5.55. The van der Waals surface area contributed by atoms with Crippen molar-refractivity contribution in [2.45, 2.75) is 26.4 Å². The Hall–Kier alpha value is -4.13. The molecule has 5 aromatic rings. The van der Waals surface area contributed by atoms with Crippen molar-refractivity contribution in [2.24, 2.45) is 0 Å². The summed E-state index contributed by atoms with van der Waals surface area (Å²) >= 11 is 0. The van der Waals surface area contributed by atoms with Crippen molar-refractivity contribution in [3.63, 3.8) is 0 Å². The number of pyridine rings is 1. The van der Waals surface area contributed by atoms with E-state index >= 15 is 0 Å². The summed E-state index contributed by atoms with van der Waals surface area (Å²) in [5.74, 6) is 0. The average molecular weight is 427 g/mol. The standard InChI is InChI=1S/C25H23N4O3/c1-25(2,3)32-24(30)29-21-9-5-4-7-17(21)14-22(29)23-19-11-10-16(13-20(19)26-27-23)18-8-6-12-28(31)15-18/h4-15,31H,1-3H3,(H,26,27)/q+1. The van der Waals surface area contributed by atoms with Gasteiger partial charge in [-0.05, 0) is 56.7 Å². The number of hydrogen-bond donors (Lipinski definition) is 2. The molecule has 0 atom stereocenters. The van der Waals surface area contributed by atoms with Crippen molar-refractivity contribution in [1.29, 1.82) is 0 Å². The number of aromatic amines is 1. The molecule has 32 heavy (non-hydrogen) atoms. The van der Waals surface area contributed by atoms with Gasteiger partial charge in [-0.25, -0.2) is 9.36 Å². The second-order valence-electron chi connectivity index (χ2n) is 8.71. The summed E-state index contributed by atoms with van der Waals surface area (Å²) in [5, 5.41) is 19.2. The van der Waals surface area contributed by atoms with Gasteiger partial charge >= 0.3 is 6.09 Å². The van der Waals surface area contributed by atoms with Crippen LogP contribution in [-0.2, 0) is 4.74 Å². The highest BCUT2D eigenvalue weighted by Crippen LogP contribution is 2.34. The predicted molar refractivity (Wildman–Crippen MR) is 121 cm³/mol. The zero-order chi connectivity index (χ0) is 22.5. The van der Waals surface area contributed by atoms with Gasteiger partial charge in [0.1, 0.15) is 11.3 Å². The van der Waals surface area contributed by atoms with Crippen LogP contribution in [0, 0.1) is 0 Å². The molecule has 160 valence electrons. The average Bonchev–Trinajstić information content (AvgIpc) is 3.33. The second kappa shape index (κ2) is 7.23. The van der Waals surface area contributed by atoms with Crippen LogP contribution in [-0.4, -0.2) is 31.7 Å². The minimum atomic E-state index is -0.623. The van der Waals surface area contributed by atoms with E-state index in [0.29, 0.717) is 11.4 Å². The molecule has 2 aromatic carbocycles. The topological polar surface area (TPSA) is 84.0 Å². The molecule has 7 heteroatoms. The van der Waals surface area contributed by atoms with Crippen molar-refractivity contribution in [1.82, 2.24) is 14.8 Å². The highest BCUT2D eigenvalue weighted by atomic mass is 16.6. The van der Waals surface area contributed by atoms with Crippen LogP contribution < -0.4 is 4.73 Å². The number of H-pyrrole nitrogens is 1. The molecule has 0 fully saturated rings. The number of carbonyl (C=O) groups is 1. The molecule has 3 aromatic heterocycles. The summed E-state index contributed by atoms with van der Waals surface area (Å²) in [6.07, 6.45) is 2.75. The Morgan fingerprint density at radius 3 is 2.66 bits per heavy atom. The summed E-state index contributed by atoms with van der Waals surface area (Å²) in [5.41, 5.74) is 4.10. The van der Waals surface area contributed by atoms with Gasteiger partial charge in [0.05, 0.1) is 22.3 Å². The second-order valence-corrected chi connectivity index (χ2v) is 8.71. The lowest BCUT2D eigenvalue weighted by Gasteiger charge is -2.20. The van der Waals surface area contributed by atoms with E-state index in [2.05, 4.69) is 10.2 Å². The van der Waals surface area contributed by atoms with Crippen LogP contribution in [0.2, 0.25) is 0 Å². The van der Waals surface area contributed by atoms with Gasteiger partial charge in [0.2, 0.25) is 12.4 Å². The SMILES string of the molecule is CC(C)(C)OC(=O)n1c(-c2n[nH]c3cc(-c4ccc[n+](O)c4)ccc23)cc2ccccc21. The van der Waals surface area contributed by atoms with Crippen LogP contribution in [0.4, 0.5) is 4.79 Å². The van der Waals surface area contributed by atoms with Crippen LogP contribution in [0.5, 0.6) is 0 Å². The highest BCUT2D eigenvalue weighted by Gasteiger charge is 2.24. The van der Waals surface area contributed by atoms with Gasteiger partial charge < -0.3 is 4.74 Å². The predicted octanol–water partition coefficient (Wildman–Crippen LogP) is 5.16. The Morgan fingerprint density at radius 1 is 1.06 bits per heavy atom. The molecule has 7 nitrogen and oxygen atoms in total. The lowest BCUT2D eigenvalue weighted by molar-refractivity contribution is -0.904. The molecule has 0 saturated heterocycles. The third kappa shape index (κ3) is 3.47. The summed E-state index contributed by atoms with van der Waals surface area (Å²) in [6, 6.07) is 19.3. The fourth-order valence-corrected chi connectivity index (χ4v) is 3.86. The van der Waals surface area contributed by atoms with Gasteiger partial charge in [-0.1, -0.05) is 24.3 Å². The maximum absolute atomic E-state index is 13.1. The Bertz CT molecular complexity index is 1470. The normalized spacial score (nSPS) is 11.8. The molecule has 0 aliphatic heterocycles. The molecule has 0 spiro atoms. The van der Waals surface area contributed by atoms with Crippen molar-refractivity contribution in [2.75, 3.05) is 0 Å². The van der Waals surface area contributed by atoms with E-state index < -0.39 is 11.7 Å². The Balaban J connectivity index is 1.66. The molecule has 0 amide bonds. The van der Waals surface area contributed by atoms with Crippen LogP contribution in [0.3, 0.4) is 0 Å². The van der Waals surface area contributed by atoms with Gasteiger partial charge in [-0.2, -0.15) is 5.10 Å². The maximum atomic E-state index is 13.1.